The number of piperidine rings is 1. The fraction of sp³-hybridized carbons (Fsp3) is 0.536. The SMILES string of the molecule is O=C(N[C@@H]1CCc2cccc(OCCN3CCCC3)c2C1)c1ccc(N2CCCCC2)cc1. The normalized spacial score (nSPS) is 21.0. The zero-order valence-corrected chi connectivity index (χ0v) is 19.7. The Hall–Kier alpha value is -2.53. The fourth-order valence-electron chi connectivity index (χ4n) is 5.55. The number of nitrogens with one attached hydrogen (secondary N) is 1. The maximum Gasteiger partial charge on any atom is 0.251 e. The van der Waals surface area contributed by atoms with Gasteiger partial charge in [-0.15, -0.1) is 0 Å². The standard InChI is InChI=1S/C28H37N3O2/c32-28(23-10-13-25(14-11-23)31-17-2-1-3-18-31)29-24-12-9-22-7-6-8-27(26(22)21-24)33-20-19-30-15-4-5-16-30/h6-8,10-11,13-14,24H,1-5,9,12,15-21H2,(H,29,32)/t24-/m1/s1. The first-order valence-corrected chi connectivity index (χ1v) is 12.9. The molecule has 5 nitrogen and oxygen atoms in total. The topological polar surface area (TPSA) is 44.8 Å². The first-order chi connectivity index (χ1) is 16.3. The average Bonchev–Trinajstić information content (AvgIpc) is 3.38. The Labute approximate surface area is 198 Å². The monoisotopic (exact) mass is 447 g/mol. The summed E-state index contributed by atoms with van der Waals surface area (Å²) in [5.41, 5.74) is 4.62. The van der Waals surface area contributed by atoms with Gasteiger partial charge in [0.2, 0.25) is 0 Å². The van der Waals surface area contributed by atoms with E-state index in [4.69, 9.17) is 4.74 Å². The number of carbonyl (C=O) groups excluding carboxylic acids is 1. The van der Waals surface area contributed by atoms with Gasteiger partial charge in [0.1, 0.15) is 12.4 Å². The molecule has 2 aromatic carbocycles. The lowest BCUT2D eigenvalue weighted by Crippen LogP contribution is -2.39. The van der Waals surface area contributed by atoms with Gasteiger partial charge in [0.05, 0.1) is 0 Å². The van der Waals surface area contributed by atoms with Gasteiger partial charge < -0.3 is 15.0 Å². The van der Waals surface area contributed by atoms with Crippen molar-refractivity contribution in [3.63, 3.8) is 0 Å². The molecule has 2 heterocycles. The molecule has 2 aliphatic heterocycles. The predicted molar refractivity (Wildman–Crippen MR) is 133 cm³/mol. The third-order valence-electron chi connectivity index (χ3n) is 7.49. The zero-order valence-electron chi connectivity index (χ0n) is 19.7. The third-order valence-corrected chi connectivity index (χ3v) is 7.49. The summed E-state index contributed by atoms with van der Waals surface area (Å²) in [4.78, 5) is 17.9. The van der Waals surface area contributed by atoms with E-state index in [0.717, 1.165) is 56.8 Å². The van der Waals surface area contributed by atoms with Crippen LogP contribution in [0.4, 0.5) is 5.69 Å². The van der Waals surface area contributed by atoms with Crippen LogP contribution in [0.1, 0.15) is 60.0 Å². The van der Waals surface area contributed by atoms with E-state index >= 15 is 0 Å². The minimum atomic E-state index is 0.0288. The van der Waals surface area contributed by atoms with Gasteiger partial charge in [-0.3, -0.25) is 9.69 Å². The Morgan fingerprint density at radius 1 is 0.939 bits per heavy atom. The van der Waals surface area contributed by atoms with Crippen LogP contribution in [-0.2, 0) is 12.8 Å². The molecule has 1 atom stereocenters. The van der Waals surface area contributed by atoms with Crippen molar-refractivity contribution in [1.82, 2.24) is 10.2 Å². The van der Waals surface area contributed by atoms with Crippen LogP contribution in [-0.4, -0.2) is 56.2 Å². The molecule has 0 saturated carbocycles. The number of rotatable bonds is 7. The number of likely N-dealkylation sites (tertiary alicyclic amines) is 1. The number of fused-ring (bicyclic) bond motifs is 1. The number of carbonyl (C=O) groups is 1. The highest BCUT2D eigenvalue weighted by Crippen LogP contribution is 2.30. The smallest absolute Gasteiger partial charge is 0.251 e. The molecule has 3 aliphatic rings. The molecule has 1 aliphatic carbocycles. The maximum absolute atomic E-state index is 13.0. The Morgan fingerprint density at radius 2 is 1.70 bits per heavy atom. The van der Waals surface area contributed by atoms with E-state index in [9.17, 15) is 4.79 Å². The molecular weight excluding hydrogens is 410 g/mol. The minimum Gasteiger partial charge on any atom is -0.492 e. The molecule has 2 fully saturated rings. The van der Waals surface area contributed by atoms with Gasteiger partial charge in [-0.05, 0) is 106 Å². The summed E-state index contributed by atoms with van der Waals surface area (Å²) in [7, 11) is 0. The number of hydrogen-bond acceptors (Lipinski definition) is 4. The number of nitrogens with zero attached hydrogens (tertiary/aromatic N) is 2. The van der Waals surface area contributed by atoms with Crippen LogP contribution in [0.5, 0.6) is 5.75 Å². The highest BCUT2D eigenvalue weighted by atomic mass is 16.5. The van der Waals surface area contributed by atoms with Crippen LogP contribution >= 0.6 is 0 Å². The van der Waals surface area contributed by atoms with Crippen LogP contribution in [0, 0.1) is 0 Å². The van der Waals surface area contributed by atoms with E-state index in [0.29, 0.717) is 0 Å². The van der Waals surface area contributed by atoms with E-state index in [1.54, 1.807) is 0 Å². The number of ether oxygens (including phenoxy) is 1. The van der Waals surface area contributed by atoms with Crippen molar-refractivity contribution in [3.8, 4) is 5.75 Å². The van der Waals surface area contributed by atoms with Gasteiger partial charge in [-0.2, -0.15) is 0 Å². The largest absolute Gasteiger partial charge is 0.492 e. The molecule has 0 aromatic heterocycles. The molecule has 33 heavy (non-hydrogen) atoms. The summed E-state index contributed by atoms with van der Waals surface area (Å²) in [6.07, 6.45) is 9.26. The number of anilines is 1. The Balaban J connectivity index is 1.17. The highest BCUT2D eigenvalue weighted by molar-refractivity contribution is 5.94. The van der Waals surface area contributed by atoms with Crippen molar-refractivity contribution < 1.29 is 9.53 Å². The summed E-state index contributed by atoms with van der Waals surface area (Å²) in [6.45, 7) is 6.37. The molecule has 0 unspecified atom stereocenters. The lowest BCUT2D eigenvalue weighted by molar-refractivity contribution is 0.0933. The van der Waals surface area contributed by atoms with Crippen LogP contribution in [0.25, 0.3) is 0 Å². The van der Waals surface area contributed by atoms with E-state index in [1.165, 1.54) is 62.0 Å². The molecule has 0 bridgehead atoms. The lowest BCUT2D eigenvalue weighted by atomic mass is 9.87. The quantitative estimate of drug-likeness (QED) is 0.682. The van der Waals surface area contributed by atoms with Crippen molar-refractivity contribution in [1.29, 1.82) is 0 Å². The first kappa shape index (κ1) is 22.3. The van der Waals surface area contributed by atoms with Crippen molar-refractivity contribution in [2.24, 2.45) is 0 Å². The number of benzene rings is 2. The van der Waals surface area contributed by atoms with Crippen LogP contribution in [0.15, 0.2) is 42.5 Å². The van der Waals surface area contributed by atoms with Crippen molar-refractivity contribution in [2.45, 2.75) is 57.4 Å². The summed E-state index contributed by atoms with van der Waals surface area (Å²) >= 11 is 0. The molecule has 2 saturated heterocycles. The zero-order chi connectivity index (χ0) is 22.5. The number of amides is 1. The van der Waals surface area contributed by atoms with Crippen LogP contribution < -0.4 is 15.0 Å². The van der Waals surface area contributed by atoms with Gasteiger partial charge in [0, 0.05) is 36.9 Å². The maximum atomic E-state index is 13.0. The van der Waals surface area contributed by atoms with Crippen LogP contribution in [0.2, 0.25) is 0 Å². The van der Waals surface area contributed by atoms with E-state index in [2.05, 4.69) is 45.4 Å². The second kappa shape index (κ2) is 10.6. The number of hydrogen-bond donors (Lipinski definition) is 1. The molecule has 1 amide bonds. The molecule has 1 N–H and O–H groups in total. The second-order valence-electron chi connectivity index (χ2n) is 9.80. The van der Waals surface area contributed by atoms with E-state index in [-0.39, 0.29) is 11.9 Å². The Kier molecular flexibility index (Phi) is 7.15. The Bertz CT molecular complexity index is 931. The summed E-state index contributed by atoms with van der Waals surface area (Å²) in [5.74, 6) is 1.03. The van der Waals surface area contributed by atoms with Gasteiger partial charge in [0.25, 0.3) is 5.91 Å². The van der Waals surface area contributed by atoms with Crippen molar-refractivity contribution in [3.05, 3.63) is 59.2 Å². The van der Waals surface area contributed by atoms with Crippen LogP contribution in [0.3, 0.4) is 0 Å². The molecule has 2 aromatic rings. The van der Waals surface area contributed by atoms with E-state index < -0.39 is 0 Å². The molecular formula is C28H37N3O2. The predicted octanol–water partition coefficient (Wildman–Crippen LogP) is 4.44. The second-order valence-corrected chi connectivity index (χ2v) is 9.80. The summed E-state index contributed by atoms with van der Waals surface area (Å²) < 4.78 is 6.22. The number of aryl methyl sites for hydroxylation is 1. The molecule has 0 radical (unpaired) electrons. The van der Waals surface area contributed by atoms with E-state index in [1.807, 2.05) is 12.1 Å². The van der Waals surface area contributed by atoms with Gasteiger partial charge >= 0.3 is 0 Å². The molecule has 0 spiro atoms. The molecule has 5 heteroatoms. The minimum absolute atomic E-state index is 0.0288. The fourth-order valence-corrected chi connectivity index (χ4v) is 5.55. The van der Waals surface area contributed by atoms with Gasteiger partial charge in [-0.25, -0.2) is 0 Å². The highest BCUT2D eigenvalue weighted by Gasteiger charge is 2.24. The van der Waals surface area contributed by atoms with Gasteiger partial charge in [0.15, 0.2) is 0 Å². The molecule has 5 rings (SSSR count). The van der Waals surface area contributed by atoms with Crippen molar-refractivity contribution in [2.75, 3.05) is 44.2 Å². The third kappa shape index (κ3) is 5.52. The Morgan fingerprint density at radius 3 is 2.48 bits per heavy atom. The molecule has 176 valence electrons. The van der Waals surface area contributed by atoms with Crippen molar-refractivity contribution >= 4 is 11.6 Å². The summed E-state index contributed by atoms with van der Waals surface area (Å²) in [5, 5.41) is 3.29. The average molecular weight is 448 g/mol. The lowest BCUT2D eigenvalue weighted by Gasteiger charge is -2.29. The first-order valence-electron chi connectivity index (χ1n) is 12.9. The summed E-state index contributed by atoms with van der Waals surface area (Å²) in [6, 6.07) is 14.7. The van der Waals surface area contributed by atoms with Gasteiger partial charge in [-0.1, -0.05) is 12.1 Å².